The molecule has 1 aliphatic rings. The molecule has 0 spiro atoms. The zero-order valence-electron chi connectivity index (χ0n) is 14.1. The van der Waals surface area contributed by atoms with Gasteiger partial charge in [0.1, 0.15) is 0 Å². The SMILES string of the molecule is CCOC(=O)c1nn(-c2nc3ccccc3[nH]2)c2c1-c1[nH]ncc1CC2. The number of imidazole rings is 1. The number of para-hydroxylation sites is 2. The molecule has 0 radical (unpaired) electrons. The van der Waals surface area contributed by atoms with E-state index in [9.17, 15) is 4.79 Å². The maximum atomic E-state index is 12.5. The van der Waals surface area contributed by atoms with Gasteiger partial charge in [-0.25, -0.2) is 14.5 Å². The molecule has 130 valence electrons. The summed E-state index contributed by atoms with van der Waals surface area (Å²) in [6.45, 7) is 2.07. The number of nitrogens with zero attached hydrogens (tertiary/aromatic N) is 4. The van der Waals surface area contributed by atoms with Gasteiger partial charge in [0, 0.05) is 0 Å². The first-order valence-electron chi connectivity index (χ1n) is 8.53. The van der Waals surface area contributed by atoms with Gasteiger partial charge in [-0.2, -0.15) is 10.2 Å². The van der Waals surface area contributed by atoms with Crippen molar-refractivity contribution in [3.8, 4) is 17.2 Å². The smallest absolute Gasteiger partial charge is 0.359 e. The van der Waals surface area contributed by atoms with Crippen LogP contribution in [0.1, 0.15) is 28.7 Å². The third-order valence-electron chi connectivity index (χ3n) is 4.63. The van der Waals surface area contributed by atoms with E-state index in [4.69, 9.17) is 4.74 Å². The number of aromatic nitrogens is 6. The second-order valence-electron chi connectivity index (χ2n) is 6.15. The number of fused-ring (bicyclic) bond motifs is 4. The Bertz CT molecular complexity index is 1100. The van der Waals surface area contributed by atoms with Crippen LogP contribution >= 0.6 is 0 Å². The van der Waals surface area contributed by atoms with Gasteiger partial charge < -0.3 is 9.72 Å². The third kappa shape index (κ3) is 2.08. The van der Waals surface area contributed by atoms with Crippen LogP contribution in [-0.2, 0) is 17.6 Å². The Morgan fingerprint density at radius 1 is 1.31 bits per heavy atom. The first-order valence-corrected chi connectivity index (χ1v) is 8.53. The summed E-state index contributed by atoms with van der Waals surface area (Å²) >= 11 is 0. The minimum atomic E-state index is -0.443. The maximum absolute atomic E-state index is 12.5. The molecule has 8 nitrogen and oxygen atoms in total. The van der Waals surface area contributed by atoms with Gasteiger partial charge in [0.25, 0.3) is 0 Å². The monoisotopic (exact) mass is 348 g/mol. The molecule has 3 aromatic heterocycles. The Morgan fingerprint density at radius 2 is 2.19 bits per heavy atom. The molecule has 4 aromatic rings. The number of hydrogen-bond donors (Lipinski definition) is 2. The normalized spacial score (nSPS) is 12.8. The third-order valence-corrected chi connectivity index (χ3v) is 4.63. The molecule has 0 atom stereocenters. The topological polar surface area (TPSA) is 101 Å². The van der Waals surface area contributed by atoms with Crippen molar-refractivity contribution < 1.29 is 9.53 Å². The molecule has 1 aliphatic carbocycles. The second kappa shape index (κ2) is 5.55. The Labute approximate surface area is 148 Å². The fourth-order valence-electron chi connectivity index (χ4n) is 3.47. The Balaban J connectivity index is 1.74. The Hall–Kier alpha value is -3.42. The fourth-order valence-corrected chi connectivity index (χ4v) is 3.47. The van der Waals surface area contributed by atoms with E-state index in [0.717, 1.165) is 46.4 Å². The molecular weight excluding hydrogens is 332 g/mol. The standard InChI is InChI=1S/C18H16N6O2/c1-2-26-17(25)16-14-13(8-7-10-9-19-22-15(10)14)24(23-16)18-20-11-5-3-4-6-12(11)21-18/h3-6,9H,2,7-8H2,1H3,(H,19,22)(H,20,21). The van der Waals surface area contributed by atoms with E-state index in [1.807, 2.05) is 24.3 Å². The van der Waals surface area contributed by atoms with E-state index >= 15 is 0 Å². The van der Waals surface area contributed by atoms with Crippen molar-refractivity contribution >= 4 is 17.0 Å². The number of carbonyl (C=O) groups excluding carboxylic acids is 1. The molecule has 8 heteroatoms. The number of esters is 1. The molecule has 0 saturated carbocycles. The van der Waals surface area contributed by atoms with Crippen LogP contribution in [0.15, 0.2) is 30.5 Å². The highest BCUT2D eigenvalue weighted by molar-refractivity contribution is 5.96. The molecular formula is C18H16N6O2. The molecule has 3 heterocycles. The van der Waals surface area contributed by atoms with E-state index < -0.39 is 5.97 Å². The fraction of sp³-hybridized carbons (Fsp3) is 0.222. The Kier molecular flexibility index (Phi) is 3.18. The number of aromatic amines is 2. The summed E-state index contributed by atoms with van der Waals surface area (Å²) in [6.07, 6.45) is 3.37. The van der Waals surface area contributed by atoms with Gasteiger partial charge >= 0.3 is 5.97 Å². The predicted octanol–water partition coefficient (Wildman–Crippen LogP) is 2.41. The number of hydrogen-bond acceptors (Lipinski definition) is 5. The first kappa shape index (κ1) is 14.9. The number of aryl methyl sites for hydroxylation is 1. The first-order chi connectivity index (χ1) is 12.8. The van der Waals surface area contributed by atoms with Gasteiger partial charge in [0.15, 0.2) is 5.69 Å². The lowest BCUT2D eigenvalue weighted by Crippen LogP contribution is -2.09. The molecule has 0 amide bonds. The van der Waals surface area contributed by atoms with E-state index in [-0.39, 0.29) is 5.69 Å². The van der Waals surface area contributed by atoms with Gasteiger partial charge in [-0.3, -0.25) is 5.10 Å². The van der Waals surface area contributed by atoms with Crippen LogP contribution < -0.4 is 0 Å². The quantitative estimate of drug-likeness (QED) is 0.554. The number of benzene rings is 1. The van der Waals surface area contributed by atoms with Crippen molar-refractivity contribution in [1.29, 1.82) is 0 Å². The largest absolute Gasteiger partial charge is 0.461 e. The van der Waals surface area contributed by atoms with E-state index in [2.05, 4.69) is 25.3 Å². The van der Waals surface area contributed by atoms with Crippen molar-refractivity contribution in [3.63, 3.8) is 0 Å². The minimum absolute atomic E-state index is 0.285. The Morgan fingerprint density at radius 3 is 3.04 bits per heavy atom. The molecule has 26 heavy (non-hydrogen) atoms. The highest BCUT2D eigenvalue weighted by atomic mass is 16.5. The van der Waals surface area contributed by atoms with Crippen LogP contribution in [0.5, 0.6) is 0 Å². The molecule has 0 fully saturated rings. The molecule has 5 rings (SSSR count). The predicted molar refractivity (Wildman–Crippen MR) is 94.2 cm³/mol. The summed E-state index contributed by atoms with van der Waals surface area (Å²) in [5.74, 6) is 0.141. The van der Waals surface area contributed by atoms with Crippen molar-refractivity contribution in [1.82, 2.24) is 29.9 Å². The number of ether oxygens (including phenoxy) is 1. The van der Waals surface area contributed by atoms with Crippen LogP contribution in [0.25, 0.3) is 28.2 Å². The van der Waals surface area contributed by atoms with Gasteiger partial charge in [-0.05, 0) is 37.5 Å². The van der Waals surface area contributed by atoms with E-state index in [1.165, 1.54) is 0 Å². The lowest BCUT2D eigenvalue weighted by Gasteiger charge is -2.13. The van der Waals surface area contributed by atoms with Crippen LogP contribution in [0, 0.1) is 0 Å². The van der Waals surface area contributed by atoms with Crippen molar-refractivity contribution in [2.75, 3.05) is 6.61 Å². The van der Waals surface area contributed by atoms with Gasteiger partial charge in [0.2, 0.25) is 5.95 Å². The number of rotatable bonds is 3. The molecule has 1 aromatic carbocycles. The molecule has 0 bridgehead atoms. The summed E-state index contributed by atoms with van der Waals surface area (Å²) in [7, 11) is 0. The average Bonchev–Trinajstić information content (AvgIpc) is 3.36. The van der Waals surface area contributed by atoms with Crippen LogP contribution in [-0.4, -0.2) is 42.5 Å². The zero-order chi connectivity index (χ0) is 17.7. The van der Waals surface area contributed by atoms with Gasteiger partial charge in [0.05, 0.1) is 40.8 Å². The summed E-state index contributed by atoms with van der Waals surface area (Å²) in [4.78, 5) is 20.4. The molecule has 0 unspecified atom stereocenters. The average molecular weight is 348 g/mol. The summed E-state index contributed by atoms with van der Waals surface area (Å²) in [5.41, 5.74) is 5.63. The highest BCUT2D eigenvalue weighted by Gasteiger charge is 2.31. The zero-order valence-corrected chi connectivity index (χ0v) is 14.1. The summed E-state index contributed by atoms with van der Waals surface area (Å²) < 4.78 is 6.93. The number of carbonyl (C=O) groups is 1. The molecule has 0 aliphatic heterocycles. The van der Waals surface area contributed by atoms with Crippen LogP contribution in [0.3, 0.4) is 0 Å². The summed E-state index contributed by atoms with van der Waals surface area (Å²) in [6, 6.07) is 7.78. The van der Waals surface area contributed by atoms with Crippen LogP contribution in [0.4, 0.5) is 0 Å². The van der Waals surface area contributed by atoms with Crippen molar-refractivity contribution in [2.24, 2.45) is 0 Å². The van der Waals surface area contributed by atoms with Gasteiger partial charge in [-0.1, -0.05) is 12.1 Å². The maximum Gasteiger partial charge on any atom is 0.359 e. The highest BCUT2D eigenvalue weighted by Crippen LogP contribution is 2.36. The minimum Gasteiger partial charge on any atom is -0.461 e. The summed E-state index contributed by atoms with van der Waals surface area (Å²) in [5, 5.41) is 11.7. The lowest BCUT2D eigenvalue weighted by atomic mass is 9.94. The van der Waals surface area contributed by atoms with E-state index in [0.29, 0.717) is 12.6 Å². The number of H-pyrrole nitrogens is 2. The van der Waals surface area contributed by atoms with Crippen LogP contribution in [0.2, 0.25) is 0 Å². The lowest BCUT2D eigenvalue weighted by molar-refractivity contribution is 0.0520. The molecule has 2 N–H and O–H groups in total. The van der Waals surface area contributed by atoms with Gasteiger partial charge in [-0.15, -0.1) is 0 Å². The van der Waals surface area contributed by atoms with E-state index in [1.54, 1.807) is 17.8 Å². The number of nitrogens with one attached hydrogen (secondary N) is 2. The van der Waals surface area contributed by atoms with Crippen molar-refractivity contribution in [2.45, 2.75) is 19.8 Å². The molecule has 0 saturated heterocycles. The second-order valence-corrected chi connectivity index (χ2v) is 6.15. The van der Waals surface area contributed by atoms with Crippen molar-refractivity contribution in [3.05, 3.63) is 47.4 Å².